The lowest BCUT2D eigenvalue weighted by Gasteiger charge is -2.22. The van der Waals surface area contributed by atoms with Crippen LogP contribution in [0.1, 0.15) is 23.1 Å². The number of pyridine rings is 1. The summed E-state index contributed by atoms with van der Waals surface area (Å²) in [6, 6.07) is 7.41. The number of carbonyl (C=O) groups excluding carboxylic acids is 1. The number of hydrogen-bond acceptors (Lipinski definition) is 4. The second-order valence-corrected chi connectivity index (χ2v) is 6.37. The molecule has 0 aliphatic heterocycles. The molecule has 0 unspecified atom stereocenters. The molecule has 2 rings (SSSR count). The molecule has 0 fully saturated rings. The smallest absolute Gasteiger partial charge is 0.314 e. The topological polar surface area (TPSA) is 74.2 Å². The first-order chi connectivity index (χ1) is 10.5. The molecule has 0 aromatic carbocycles. The molecule has 2 aromatic rings. The van der Waals surface area contributed by atoms with E-state index in [1.54, 1.807) is 6.92 Å². The normalized spacial score (nSPS) is 13.4. The van der Waals surface area contributed by atoms with Gasteiger partial charge in [0.2, 0.25) is 0 Å². The summed E-state index contributed by atoms with van der Waals surface area (Å²) in [5.74, 6) is 0. The zero-order valence-corrected chi connectivity index (χ0v) is 13.6. The van der Waals surface area contributed by atoms with Crippen LogP contribution in [-0.2, 0) is 12.0 Å². The average molecular weight is 319 g/mol. The van der Waals surface area contributed by atoms with Crippen molar-refractivity contribution in [3.8, 4) is 0 Å². The van der Waals surface area contributed by atoms with Crippen LogP contribution in [0, 0.1) is 6.92 Å². The van der Waals surface area contributed by atoms with E-state index >= 15 is 0 Å². The van der Waals surface area contributed by atoms with Gasteiger partial charge in [-0.3, -0.25) is 4.98 Å². The SMILES string of the molecule is Cc1ccc(CCNC(=O)NC[C@@](C)(O)c2cccs2)cn1. The summed E-state index contributed by atoms with van der Waals surface area (Å²) < 4.78 is 0. The number of nitrogens with one attached hydrogen (secondary N) is 2. The van der Waals surface area contributed by atoms with E-state index in [1.807, 2.05) is 42.8 Å². The minimum Gasteiger partial charge on any atom is -0.383 e. The Morgan fingerprint density at radius 3 is 2.82 bits per heavy atom. The highest BCUT2D eigenvalue weighted by Gasteiger charge is 2.24. The lowest BCUT2D eigenvalue weighted by atomic mass is 10.1. The summed E-state index contributed by atoms with van der Waals surface area (Å²) in [5.41, 5.74) is 1.01. The highest BCUT2D eigenvalue weighted by atomic mass is 32.1. The van der Waals surface area contributed by atoms with E-state index in [0.29, 0.717) is 6.54 Å². The van der Waals surface area contributed by atoms with Crippen LogP contribution in [0.25, 0.3) is 0 Å². The number of aryl methyl sites for hydroxylation is 1. The van der Waals surface area contributed by atoms with Crippen molar-refractivity contribution in [2.45, 2.75) is 25.9 Å². The molecule has 0 saturated heterocycles. The fraction of sp³-hybridized carbons (Fsp3) is 0.375. The fourth-order valence-electron chi connectivity index (χ4n) is 1.95. The van der Waals surface area contributed by atoms with Crippen LogP contribution in [0.2, 0.25) is 0 Å². The molecule has 2 heterocycles. The zero-order chi connectivity index (χ0) is 16.0. The molecule has 118 valence electrons. The first-order valence-electron chi connectivity index (χ1n) is 7.17. The maximum Gasteiger partial charge on any atom is 0.314 e. The third kappa shape index (κ3) is 4.82. The number of aliphatic hydroxyl groups is 1. The first-order valence-corrected chi connectivity index (χ1v) is 8.05. The van der Waals surface area contributed by atoms with Gasteiger partial charge in [-0.25, -0.2) is 4.79 Å². The molecule has 0 aliphatic rings. The van der Waals surface area contributed by atoms with Crippen molar-refractivity contribution < 1.29 is 9.90 Å². The Kier molecular flexibility index (Phi) is 5.51. The maximum absolute atomic E-state index is 11.8. The third-order valence-electron chi connectivity index (χ3n) is 3.32. The van der Waals surface area contributed by atoms with Crippen LogP contribution >= 0.6 is 11.3 Å². The predicted molar refractivity (Wildman–Crippen MR) is 88.0 cm³/mol. The Morgan fingerprint density at radius 1 is 1.36 bits per heavy atom. The predicted octanol–water partition coefficient (Wildman–Crippen LogP) is 2.20. The van der Waals surface area contributed by atoms with E-state index in [2.05, 4.69) is 15.6 Å². The Balaban J connectivity index is 1.71. The first kappa shape index (κ1) is 16.5. The van der Waals surface area contributed by atoms with Gasteiger partial charge in [0.15, 0.2) is 0 Å². The monoisotopic (exact) mass is 319 g/mol. The van der Waals surface area contributed by atoms with Gasteiger partial charge in [-0.2, -0.15) is 0 Å². The molecule has 2 aromatic heterocycles. The van der Waals surface area contributed by atoms with Crippen LogP contribution in [0.5, 0.6) is 0 Å². The molecule has 0 bridgehead atoms. The molecule has 6 heteroatoms. The maximum atomic E-state index is 11.8. The number of carbonyl (C=O) groups is 1. The van der Waals surface area contributed by atoms with Crippen molar-refractivity contribution in [3.63, 3.8) is 0 Å². The number of amides is 2. The lowest BCUT2D eigenvalue weighted by Crippen LogP contribution is -2.43. The van der Waals surface area contributed by atoms with Crippen molar-refractivity contribution in [2.75, 3.05) is 13.1 Å². The van der Waals surface area contributed by atoms with E-state index in [4.69, 9.17) is 0 Å². The molecule has 0 radical (unpaired) electrons. The summed E-state index contributed by atoms with van der Waals surface area (Å²) in [5, 5.41) is 17.7. The highest BCUT2D eigenvalue weighted by Crippen LogP contribution is 2.24. The van der Waals surface area contributed by atoms with E-state index in [9.17, 15) is 9.90 Å². The van der Waals surface area contributed by atoms with Crippen LogP contribution < -0.4 is 10.6 Å². The average Bonchev–Trinajstić information content (AvgIpc) is 3.02. The Labute approximate surface area is 134 Å². The Morgan fingerprint density at radius 2 is 2.18 bits per heavy atom. The van der Waals surface area contributed by atoms with E-state index in [0.717, 1.165) is 22.6 Å². The molecule has 5 nitrogen and oxygen atoms in total. The number of thiophene rings is 1. The number of nitrogens with zero attached hydrogens (tertiary/aromatic N) is 1. The summed E-state index contributed by atoms with van der Waals surface area (Å²) >= 11 is 1.47. The van der Waals surface area contributed by atoms with Crippen LogP contribution in [0.15, 0.2) is 35.8 Å². The van der Waals surface area contributed by atoms with Crippen LogP contribution in [0.4, 0.5) is 4.79 Å². The molecule has 2 amide bonds. The van der Waals surface area contributed by atoms with E-state index in [1.165, 1.54) is 11.3 Å². The van der Waals surface area contributed by atoms with E-state index < -0.39 is 5.60 Å². The highest BCUT2D eigenvalue weighted by molar-refractivity contribution is 7.10. The fourth-order valence-corrected chi connectivity index (χ4v) is 2.74. The standard InChI is InChI=1S/C16H21N3O2S/c1-12-5-6-13(10-18-12)7-8-17-15(20)19-11-16(2,21)14-4-3-9-22-14/h3-6,9-10,21H,7-8,11H2,1-2H3,(H2,17,19,20)/t16-/m1/s1. The van der Waals surface area contributed by atoms with Crippen LogP contribution in [-0.4, -0.2) is 29.2 Å². The second-order valence-electron chi connectivity index (χ2n) is 5.42. The lowest BCUT2D eigenvalue weighted by molar-refractivity contribution is 0.0631. The van der Waals surface area contributed by atoms with Gasteiger partial charge < -0.3 is 15.7 Å². The van der Waals surface area contributed by atoms with Gasteiger partial charge in [-0.05, 0) is 43.3 Å². The minimum atomic E-state index is -1.05. The minimum absolute atomic E-state index is 0.172. The number of hydrogen-bond donors (Lipinski definition) is 3. The summed E-state index contributed by atoms with van der Waals surface area (Å²) in [4.78, 5) is 16.8. The molecule has 0 spiro atoms. The van der Waals surface area contributed by atoms with Crippen LogP contribution in [0.3, 0.4) is 0 Å². The Hall–Kier alpha value is -1.92. The number of urea groups is 1. The summed E-state index contributed by atoms with van der Waals surface area (Å²) in [6.07, 6.45) is 2.54. The van der Waals surface area contributed by atoms with Crippen molar-refractivity contribution >= 4 is 17.4 Å². The van der Waals surface area contributed by atoms with Gasteiger partial charge in [0.1, 0.15) is 5.60 Å². The molecule has 3 N–H and O–H groups in total. The number of aromatic nitrogens is 1. The van der Waals surface area contributed by atoms with Gasteiger partial charge in [0.05, 0.1) is 6.54 Å². The van der Waals surface area contributed by atoms with Gasteiger partial charge in [-0.1, -0.05) is 12.1 Å². The van der Waals surface area contributed by atoms with Gasteiger partial charge >= 0.3 is 6.03 Å². The molecular formula is C16H21N3O2S. The summed E-state index contributed by atoms with van der Waals surface area (Å²) in [6.45, 7) is 4.33. The molecular weight excluding hydrogens is 298 g/mol. The molecule has 0 saturated carbocycles. The third-order valence-corrected chi connectivity index (χ3v) is 4.44. The van der Waals surface area contributed by atoms with Crippen molar-refractivity contribution in [1.82, 2.24) is 15.6 Å². The van der Waals surface area contributed by atoms with Crippen molar-refractivity contribution in [3.05, 3.63) is 52.0 Å². The van der Waals surface area contributed by atoms with Gasteiger partial charge in [0, 0.05) is 23.3 Å². The van der Waals surface area contributed by atoms with Crippen molar-refractivity contribution in [2.24, 2.45) is 0 Å². The van der Waals surface area contributed by atoms with Gasteiger partial charge in [-0.15, -0.1) is 11.3 Å². The Bertz CT molecular complexity index is 594. The molecule has 22 heavy (non-hydrogen) atoms. The largest absolute Gasteiger partial charge is 0.383 e. The van der Waals surface area contributed by atoms with E-state index in [-0.39, 0.29) is 12.6 Å². The quantitative estimate of drug-likeness (QED) is 0.764. The molecule has 0 aliphatic carbocycles. The zero-order valence-electron chi connectivity index (χ0n) is 12.8. The van der Waals surface area contributed by atoms with Gasteiger partial charge in [0.25, 0.3) is 0 Å². The van der Waals surface area contributed by atoms with Crippen molar-refractivity contribution in [1.29, 1.82) is 0 Å². The molecule has 1 atom stereocenters. The second kappa shape index (κ2) is 7.38. The summed E-state index contributed by atoms with van der Waals surface area (Å²) in [7, 11) is 0. The number of rotatable bonds is 6.